The van der Waals surface area contributed by atoms with Gasteiger partial charge in [-0.05, 0) is 62.1 Å². The van der Waals surface area contributed by atoms with Crippen LogP contribution >= 0.6 is 15.9 Å². The average Bonchev–Trinajstić information content (AvgIpc) is 2.99. The predicted molar refractivity (Wildman–Crippen MR) is 81.2 cm³/mol. The van der Waals surface area contributed by atoms with Crippen molar-refractivity contribution < 1.29 is 4.74 Å². The van der Waals surface area contributed by atoms with E-state index in [9.17, 15) is 0 Å². The number of rotatable bonds is 4. The Hall–Kier alpha value is -0.540. The molecular formula is C16H22BrNO. The molecule has 0 spiro atoms. The van der Waals surface area contributed by atoms with Gasteiger partial charge in [-0.15, -0.1) is 0 Å². The molecule has 0 radical (unpaired) electrons. The van der Waals surface area contributed by atoms with Crippen LogP contribution in [0, 0.1) is 17.8 Å². The van der Waals surface area contributed by atoms with Gasteiger partial charge in [0, 0.05) is 16.1 Å². The van der Waals surface area contributed by atoms with Crippen LogP contribution in [0.2, 0.25) is 0 Å². The van der Waals surface area contributed by atoms with Crippen LogP contribution in [0.3, 0.4) is 0 Å². The number of ether oxygens (including phenoxy) is 1. The summed E-state index contributed by atoms with van der Waals surface area (Å²) in [7, 11) is 0. The molecule has 4 atom stereocenters. The fourth-order valence-electron chi connectivity index (χ4n) is 3.78. The number of hydrogen-bond donors (Lipinski definition) is 1. The summed E-state index contributed by atoms with van der Waals surface area (Å²) in [6.45, 7) is 2.87. The second kappa shape index (κ2) is 5.45. The third kappa shape index (κ3) is 2.82. The van der Waals surface area contributed by atoms with Crippen molar-refractivity contribution in [2.24, 2.45) is 23.5 Å². The van der Waals surface area contributed by atoms with Crippen molar-refractivity contribution in [3.63, 3.8) is 0 Å². The Kier molecular flexibility index (Phi) is 3.86. The molecule has 19 heavy (non-hydrogen) atoms. The minimum absolute atomic E-state index is 0.00697. The lowest BCUT2D eigenvalue weighted by Gasteiger charge is -2.23. The average molecular weight is 324 g/mol. The highest BCUT2D eigenvalue weighted by Gasteiger charge is 2.39. The fraction of sp³-hybridized carbons (Fsp3) is 0.625. The summed E-state index contributed by atoms with van der Waals surface area (Å²) >= 11 is 3.50. The van der Waals surface area contributed by atoms with Gasteiger partial charge in [-0.3, -0.25) is 0 Å². The maximum Gasteiger partial charge on any atom is 0.124 e. The highest BCUT2D eigenvalue weighted by Crippen LogP contribution is 2.48. The third-order valence-electron chi connectivity index (χ3n) is 4.80. The largest absolute Gasteiger partial charge is 0.493 e. The summed E-state index contributed by atoms with van der Waals surface area (Å²) in [5.41, 5.74) is 7.12. The zero-order valence-corrected chi connectivity index (χ0v) is 13.0. The van der Waals surface area contributed by atoms with E-state index in [4.69, 9.17) is 10.5 Å². The van der Waals surface area contributed by atoms with Crippen molar-refractivity contribution in [2.45, 2.75) is 38.6 Å². The Morgan fingerprint density at radius 2 is 2.21 bits per heavy atom. The molecule has 2 fully saturated rings. The van der Waals surface area contributed by atoms with E-state index >= 15 is 0 Å². The Morgan fingerprint density at radius 1 is 1.37 bits per heavy atom. The Labute approximate surface area is 123 Å². The van der Waals surface area contributed by atoms with Crippen LogP contribution in [-0.4, -0.2) is 6.61 Å². The molecule has 2 aliphatic rings. The smallest absolute Gasteiger partial charge is 0.124 e. The summed E-state index contributed by atoms with van der Waals surface area (Å²) in [5, 5.41) is 0. The van der Waals surface area contributed by atoms with Gasteiger partial charge in [-0.1, -0.05) is 22.4 Å². The molecule has 1 aromatic carbocycles. The van der Waals surface area contributed by atoms with Crippen molar-refractivity contribution in [2.75, 3.05) is 6.61 Å². The molecule has 0 aliphatic heterocycles. The van der Waals surface area contributed by atoms with Crippen molar-refractivity contribution in [3.05, 3.63) is 28.2 Å². The minimum atomic E-state index is 0.00697. The number of hydrogen-bond acceptors (Lipinski definition) is 2. The molecule has 2 nitrogen and oxygen atoms in total. The van der Waals surface area contributed by atoms with Crippen molar-refractivity contribution in [1.82, 2.24) is 0 Å². The van der Waals surface area contributed by atoms with E-state index < -0.39 is 0 Å². The number of fused-ring (bicyclic) bond motifs is 2. The summed E-state index contributed by atoms with van der Waals surface area (Å²) in [6.07, 6.45) is 5.67. The van der Waals surface area contributed by atoms with E-state index in [2.05, 4.69) is 22.0 Å². The molecule has 0 heterocycles. The predicted octanol–water partition coefficient (Wildman–Crippen LogP) is 4.28. The second-order valence-electron chi connectivity index (χ2n) is 6.22. The molecule has 3 unspecified atom stereocenters. The normalized spacial score (nSPS) is 30.6. The maximum atomic E-state index is 6.09. The molecular weight excluding hydrogens is 302 g/mol. The van der Waals surface area contributed by atoms with Crippen LogP contribution in [0.5, 0.6) is 5.75 Å². The number of benzene rings is 1. The van der Waals surface area contributed by atoms with E-state index in [-0.39, 0.29) is 6.04 Å². The quantitative estimate of drug-likeness (QED) is 0.897. The molecule has 1 aromatic rings. The Morgan fingerprint density at radius 3 is 2.84 bits per heavy atom. The minimum Gasteiger partial charge on any atom is -0.493 e. The van der Waals surface area contributed by atoms with E-state index in [0.29, 0.717) is 0 Å². The van der Waals surface area contributed by atoms with Gasteiger partial charge in [-0.2, -0.15) is 0 Å². The molecule has 2 saturated carbocycles. The van der Waals surface area contributed by atoms with Gasteiger partial charge in [0.2, 0.25) is 0 Å². The van der Waals surface area contributed by atoms with Gasteiger partial charge < -0.3 is 10.5 Å². The highest BCUT2D eigenvalue weighted by molar-refractivity contribution is 9.10. The van der Waals surface area contributed by atoms with Crippen LogP contribution in [0.1, 0.15) is 44.2 Å². The Balaban J connectivity index is 1.66. The van der Waals surface area contributed by atoms with Crippen molar-refractivity contribution >= 4 is 15.9 Å². The lowest BCUT2D eigenvalue weighted by molar-refractivity contribution is 0.193. The summed E-state index contributed by atoms with van der Waals surface area (Å²) in [5.74, 6) is 3.62. The highest BCUT2D eigenvalue weighted by atomic mass is 79.9. The molecule has 104 valence electrons. The fourth-order valence-corrected chi connectivity index (χ4v) is 4.16. The SMILES string of the molecule is C[C@@H](N)c1cc(Br)ccc1OCC1CC2CCC1C2. The Bertz CT molecular complexity index is 460. The summed E-state index contributed by atoms with van der Waals surface area (Å²) in [4.78, 5) is 0. The van der Waals surface area contributed by atoms with Crippen LogP contribution in [0.15, 0.2) is 22.7 Å². The van der Waals surface area contributed by atoms with Crippen LogP contribution in [0.4, 0.5) is 0 Å². The van der Waals surface area contributed by atoms with Gasteiger partial charge in [0.25, 0.3) is 0 Å². The van der Waals surface area contributed by atoms with Crippen molar-refractivity contribution in [3.8, 4) is 5.75 Å². The van der Waals surface area contributed by atoms with Gasteiger partial charge in [0.15, 0.2) is 0 Å². The summed E-state index contributed by atoms with van der Waals surface area (Å²) < 4.78 is 7.15. The van der Waals surface area contributed by atoms with Gasteiger partial charge in [0.05, 0.1) is 6.61 Å². The second-order valence-corrected chi connectivity index (χ2v) is 7.13. The van der Waals surface area contributed by atoms with Crippen LogP contribution in [-0.2, 0) is 0 Å². The van der Waals surface area contributed by atoms with Crippen LogP contribution < -0.4 is 10.5 Å². The van der Waals surface area contributed by atoms with Crippen molar-refractivity contribution in [1.29, 1.82) is 0 Å². The first kappa shape index (κ1) is 13.4. The first-order valence-corrected chi connectivity index (χ1v) is 8.10. The summed E-state index contributed by atoms with van der Waals surface area (Å²) in [6, 6.07) is 6.14. The first-order valence-electron chi connectivity index (χ1n) is 7.31. The van der Waals surface area contributed by atoms with E-state index in [1.165, 1.54) is 25.7 Å². The zero-order chi connectivity index (χ0) is 13.4. The van der Waals surface area contributed by atoms with E-state index in [0.717, 1.165) is 40.1 Å². The molecule has 2 bridgehead atoms. The van der Waals surface area contributed by atoms with Crippen LogP contribution in [0.25, 0.3) is 0 Å². The van der Waals surface area contributed by atoms with E-state index in [1.807, 2.05) is 19.1 Å². The first-order chi connectivity index (χ1) is 9.13. The maximum absolute atomic E-state index is 6.09. The molecule has 0 saturated heterocycles. The molecule has 2 aliphatic carbocycles. The molecule has 0 aromatic heterocycles. The standard InChI is InChI=1S/C16H22BrNO/c1-10(18)15-8-14(17)4-5-16(15)19-9-13-7-11-2-3-12(13)6-11/h4-5,8,10-13H,2-3,6-7,9,18H2,1H3/t10-,11?,12?,13?/m1/s1. The molecule has 2 N–H and O–H groups in total. The topological polar surface area (TPSA) is 35.2 Å². The monoisotopic (exact) mass is 323 g/mol. The van der Waals surface area contributed by atoms with E-state index in [1.54, 1.807) is 0 Å². The zero-order valence-electron chi connectivity index (χ0n) is 11.4. The third-order valence-corrected chi connectivity index (χ3v) is 5.29. The molecule has 3 heteroatoms. The number of nitrogens with two attached hydrogens (primary N) is 1. The molecule has 3 rings (SSSR count). The lowest BCUT2D eigenvalue weighted by atomic mass is 9.89. The lowest BCUT2D eigenvalue weighted by Crippen LogP contribution is -2.19. The number of halogens is 1. The van der Waals surface area contributed by atoms with Gasteiger partial charge in [0.1, 0.15) is 5.75 Å². The van der Waals surface area contributed by atoms with Gasteiger partial charge >= 0.3 is 0 Å². The van der Waals surface area contributed by atoms with Gasteiger partial charge in [-0.25, -0.2) is 0 Å². The molecule has 0 amide bonds.